The first-order chi connectivity index (χ1) is 27.1. The average molecular weight is 825 g/mol. The van der Waals surface area contributed by atoms with Gasteiger partial charge in [0.15, 0.2) is 0 Å². The lowest BCUT2D eigenvalue weighted by Crippen LogP contribution is -2.26. The molecule has 0 aliphatic carbocycles. The molecule has 2 atom stereocenters. The molecule has 0 amide bonds. The molecule has 11 nitrogen and oxygen atoms in total. The van der Waals surface area contributed by atoms with E-state index in [1.165, 1.54) is 4.88 Å². The second-order valence-electron chi connectivity index (χ2n) is 13.0. The van der Waals surface area contributed by atoms with Crippen LogP contribution in [0.4, 0.5) is 11.4 Å². The summed E-state index contributed by atoms with van der Waals surface area (Å²) < 4.78 is 5.62. The summed E-state index contributed by atoms with van der Waals surface area (Å²) in [4.78, 5) is 35.3. The van der Waals surface area contributed by atoms with E-state index in [2.05, 4.69) is 64.6 Å². The zero-order chi connectivity index (χ0) is 39.6. The minimum atomic E-state index is -0.382. The van der Waals surface area contributed by atoms with E-state index in [1.807, 2.05) is 42.8 Å². The van der Waals surface area contributed by atoms with Crippen LogP contribution in [0.5, 0.6) is 5.75 Å². The van der Waals surface area contributed by atoms with Crippen molar-refractivity contribution >= 4 is 56.7 Å². The number of aromatic nitrogens is 2. The van der Waals surface area contributed by atoms with Crippen molar-refractivity contribution < 1.29 is 14.6 Å². The predicted molar refractivity (Wildman–Crippen MR) is 228 cm³/mol. The highest BCUT2D eigenvalue weighted by molar-refractivity contribution is 7.20. The quantitative estimate of drug-likeness (QED) is 0.0791. The van der Waals surface area contributed by atoms with Crippen LogP contribution in [0.15, 0.2) is 113 Å². The largest absolute Gasteiger partial charge is 0.496 e. The number of hydrogen-bond acceptors (Lipinski definition) is 13. The number of rotatable bonds is 15. The molecule has 7 aromatic rings. The number of methoxy groups -OCH3 is 1. The number of nitrogens with one attached hydrogen (secondary N) is 1. The Hall–Kier alpha value is -5.16. The lowest BCUT2D eigenvalue weighted by molar-refractivity contribution is -0.385. The van der Waals surface area contributed by atoms with Gasteiger partial charge in [-0.1, -0.05) is 48.5 Å². The maximum absolute atomic E-state index is 11.0. The molecule has 15 heteroatoms. The van der Waals surface area contributed by atoms with E-state index in [0.29, 0.717) is 13.0 Å². The summed E-state index contributed by atoms with van der Waals surface area (Å²) in [5.74, 6) is 0.869. The molecule has 0 saturated heterocycles. The molecule has 4 aromatic heterocycles. The first-order valence-electron chi connectivity index (χ1n) is 17.6. The second-order valence-corrected chi connectivity index (χ2v) is 16.6. The molecule has 0 bridgehead atoms. The molecular formula is C41H40N6O5S4. The van der Waals surface area contributed by atoms with Gasteiger partial charge < -0.3 is 10.1 Å². The molecule has 0 unspecified atom stereocenters. The van der Waals surface area contributed by atoms with Crippen LogP contribution in [0.3, 0.4) is 0 Å². The van der Waals surface area contributed by atoms with Gasteiger partial charge in [-0.05, 0) is 79.5 Å². The van der Waals surface area contributed by atoms with Gasteiger partial charge in [-0.3, -0.25) is 25.1 Å². The smallest absolute Gasteiger partial charge is 0.269 e. The third kappa shape index (κ3) is 10.4. The normalized spacial score (nSPS) is 12.2. The maximum atomic E-state index is 11.0. The minimum absolute atomic E-state index is 0.00225. The monoisotopic (exact) mass is 824 g/mol. The number of likely N-dealkylation sites (N-methyl/N-ethyl adjacent to an activating group) is 2. The summed E-state index contributed by atoms with van der Waals surface area (Å²) in [5, 5.41) is 35.4. The van der Waals surface area contributed by atoms with Crippen molar-refractivity contribution in [1.82, 2.24) is 20.2 Å². The topological polar surface area (TPSA) is 137 Å². The number of hydrogen-bond donors (Lipinski definition) is 1. The average Bonchev–Trinajstić information content (AvgIpc) is 4.05. The Balaban J connectivity index is 0.000000202. The molecule has 7 rings (SSSR count). The van der Waals surface area contributed by atoms with Crippen LogP contribution in [0.1, 0.15) is 45.7 Å². The van der Waals surface area contributed by atoms with Gasteiger partial charge in [0, 0.05) is 47.1 Å². The fourth-order valence-electron chi connectivity index (χ4n) is 6.08. The lowest BCUT2D eigenvalue weighted by Gasteiger charge is -2.28. The number of benzene rings is 3. The predicted octanol–water partition coefficient (Wildman–Crippen LogP) is 10.8. The number of nitrogens with zero attached hydrogens (tertiary/aromatic N) is 5. The van der Waals surface area contributed by atoms with Crippen molar-refractivity contribution in [3.63, 3.8) is 0 Å². The van der Waals surface area contributed by atoms with Crippen LogP contribution in [0.25, 0.3) is 19.8 Å². The minimum Gasteiger partial charge on any atom is -0.496 e. The Kier molecular flexibility index (Phi) is 13.8. The van der Waals surface area contributed by atoms with Crippen LogP contribution >= 0.6 is 45.3 Å². The van der Waals surface area contributed by atoms with Gasteiger partial charge in [0.1, 0.15) is 15.8 Å². The highest BCUT2D eigenvalue weighted by Crippen LogP contribution is 2.35. The third-order valence-electron chi connectivity index (χ3n) is 9.11. The summed E-state index contributed by atoms with van der Waals surface area (Å²) in [6.07, 6.45) is 1.43. The van der Waals surface area contributed by atoms with Crippen LogP contribution in [-0.2, 0) is 19.4 Å². The highest BCUT2D eigenvalue weighted by atomic mass is 32.1. The van der Waals surface area contributed by atoms with Crippen LogP contribution in [0.2, 0.25) is 0 Å². The fourth-order valence-corrected chi connectivity index (χ4v) is 9.45. The van der Waals surface area contributed by atoms with Gasteiger partial charge in [0.25, 0.3) is 11.4 Å². The molecule has 0 radical (unpaired) electrons. The van der Waals surface area contributed by atoms with Crippen molar-refractivity contribution in [2.24, 2.45) is 0 Å². The Morgan fingerprint density at radius 2 is 1.29 bits per heavy atom. The fraction of sp³-hybridized carbons (Fsp3) is 0.220. The van der Waals surface area contributed by atoms with E-state index in [9.17, 15) is 20.2 Å². The Labute approximate surface area is 341 Å². The zero-order valence-corrected chi connectivity index (χ0v) is 34.4. The van der Waals surface area contributed by atoms with Crippen molar-refractivity contribution in [2.45, 2.75) is 38.4 Å². The van der Waals surface area contributed by atoms with Crippen LogP contribution in [0, 0.1) is 27.2 Å². The van der Waals surface area contributed by atoms with Crippen molar-refractivity contribution in [2.75, 3.05) is 21.2 Å². The maximum Gasteiger partial charge on any atom is 0.269 e. The molecular weight excluding hydrogens is 785 g/mol. The van der Waals surface area contributed by atoms with E-state index in [-0.39, 0.29) is 33.3 Å². The number of ether oxygens (including phenoxy) is 1. The number of nitro benzene ring substituents is 2. The van der Waals surface area contributed by atoms with E-state index < -0.39 is 0 Å². The van der Waals surface area contributed by atoms with Crippen molar-refractivity contribution in [3.05, 3.63) is 166 Å². The van der Waals surface area contributed by atoms with Gasteiger partial charge in [0.2, 0.25) is 0 Å². The van der Waals surface area contributed by atoms with Crippen molar-refractivity contribution in [1.29, 1.82) is 0 Å². The lowest BCUT2D eigenvalue weighted by atomic mass is 10.0. The summed E-state index contributed by atoms with van der Waals surface area (Å²) in [6.45, 7) is 2.74. The van der Waals surface area contributed by atoms with Gasteiger partial charge in [-0.25, -0.2) is 9.97 Å². The molecule has 0 spiro atoms. The first kappa shape index (κ1) is 40.5. The van der Waals surface area contributed by atoms with Gasteiger partial charge in [0.05, 0.1) is 50.2 Å². The summed E-state index contributed by atoms with van der Waals surface area (Å²) >= 11 is 6.64. The Morgan fingerprint density at radius 3 is 1.79 bits per heavy atom. The molecule has 0 aliphatic heterocycles. The number of thiophene rings is 2. The molecule has 56 heavy (non-hydrogen) atoms. The molecule has 4 heterocycles. The summed E-state index contributed by atoms with van der Waals surface area (Å²) in [6, 6.07) is 28.0. The molecule has 0 aliphatic rings. The SMILES string of the molecule is CN[C@@H](Cc1ccc([N+](=O)[O-])cc1)c1csc(-c2cccs2)n1.COc1cc(C)ccc1CN(C)[C@@H](Cc1ccc([N+](=O)[O-])cc1)c1csc(-c2cccs2)n1. The number of nitro groups is 2. The Morgan fingerprint density at radius 1 is 0.750 bits per heavy atom. The Bertz CT molecular complexity index is 2320. The zero-order valence-electron chi connectivity index (χ0n) is 31.2. The molecule has 288 valence electrons. The van der Waals surface area contributed by atoms with Gasteiger partial charge in [-0.15, -0.1) is 45.3 Å². The standard InChI is InChI=1S/C25H25N3O3S2.C16H15N3O2S2/c1-17-6-9-19(23(13-17)31-3)15-27(2)22(14-18-7-10-20(11-8-18)28(29)30)21-16-33-25(26-21)24-5-4-12-32-24;1-17-13(9-11-4-6-12(7-5-11)19(20)21)14-10-23-16(18-14)15-3-2-8-22-15/h4-13,16,22H,14-15H2,1-3H3;2-8,10,13,17H,9H2,1H3/t22-;13-/m00/s1. The van der Waals surface area contributed by atoms with Crippen molar-refractivity contribution in [3.8, 4) is 25.5 Å². The molecule has 0 saturated carbocycles. The van der Waals surface area contributed by atoms with Crippen LogP contribution in [-0.4, -0.2) is 45.9 Å². The second kappa shape index (κ2) is 19.1. The summed E-state index contributed by atoms with van der Waals surface area (Å²) in [7, 11) is 5.68. The first-order valence-corrected chi connectivity index (χ1v) is 21.1. The van der Waals surface area contributed by atoms with E-state index in [1.54, 1.807) is 88.9 Å². The van der Waals surface area contributed by atoms with E-state index in [0.717, 1.165) is 60.7 Å². The highest BCUT2D eigenvalue weighted by Gasteiger charge is 2.23. The van der Waals surface area contributed by atoms with E-state index in [4.69, 9.17) is 14.7 Å². The third-order valence-corrected chi connectivity index (χ3v) is 12.9. The van der Waals surface area contributed by atoms with Gasteiger partial charge >= 0.3 is 0 Å². The molecule has 3 aromatic carbocycles. The van der Waals surface area contributed by atoms with Crippen LogP contribution < -0.4 is 10.1 Å². The summed E-state index contributed by atoms with van der Waals surface area (Å²) in [5.41, 5.74) is 6.54. The number of non-ortho nitro benzene ring substituents is 2. The number of thiazole rings is 2. The van der Waals surface area contributed by atoms with Gasteiger partial charge in [-0.2, -0.15) is 0 Å². The molecule has 1 N–H and O–H groups in total. The molecule has 0 fully saturated rings. The number of aryl methyl sites for hydroxylation is 1. The van der Waals surface area contributed by atoms with E-state index >= 15 is 0 Å².